The molecule has 7 heteroatoms. The maximum atomic E-state index is 12.4. The first-order valence-corrected chi connectivity index (χ1v) is 8.35. The van der Waals surface area contributed by atoms with E-state index in [-0.39, 0.29) is 5.69 Å². The average Bonchev–Trinajstić information content (AvgIpc) is 3.29. The first kappa shape index (κ1) is 15.1. The van der Waals surface area contributed by atoms with Gasteiger partial charge >= 0.3 is 5.69 Å². The normalized spacial score (nSPS) is 16.9. The summed E-state index contributed by atoms with van der Waals surface area (Å²) in [5.41, 5.74) is 7.70. The van der Waals surface area contributed by atoms with Gasteiger partial charge in [0, 0.05) is 20.0 Å². The molecule has 0 aliphatic heterocycles. The third-order valence-electron chi connectivity index (χ3n) is 5.01. The topological polar surface area (TPSA) is 91.9 Å². The van der Waals surface area contributed by atoms with Crippen molar-refractivity contribution in [3.05, 3.63) is 46.5 Å². The largest absolute Gasteiger partial charge is 0.339 e. The van der Waals surface area contributed by atoms with E-state index in [9.17, 15) is 4.79 Å². The van der Waals surface area contributed by atoms with E-state index in [0.29, 0.717) is 24.7 Å². The molecule has 0 amide bonds. The molecule has 126 valence electrons. The first-order valence-electron chi connectivity index (χ1n) is 8.35. The standard InChI is InChI=1S/C17H21N5O2/c1-21-12-6-2-3-7-13(12)22(16(21)23)11-8-14-19-15(20-24-14)17(18)9-4-5-10-17/h2-3,6-7H,4-5,8-11,18H2,1H3. The minimum Gasteiger partial charge on any atom is -0.339 e. The van der Waals surface area contributed by atoms with Gasteiger partial charge in [0.2, 0.25) is 5.89 Å². The molecule has 0 unspecified atom stereocenters. The van der Waals surface area contributed by atoms with Crippen LogP contribution in [0.5, 0.6) is 0 Å². The van der Waals surface area contributed by atoms with E-state index in [0.717, 1.165) is 36.7 Å². The van der Waals surface area contributed by atoms with E-state index < -0.39 is 5.54 Å². The highest BCUT2D eigenvalue weighted by Gasteiger charge is 2.35. The van der Waals surface area contributed by atoms with E-state index in [1.54, 1.807) is 16.2 Å². The van der Waals surface area contributed by atoms with Gasteiger partial charge in [0.1, 0.15) is 0 Å². The zero-order valence-electron chi connectivity index (χ0n) is 13.7. The van der Waals surface area contributed by atoms with Gasteiger partial charge in [-0.3, -0.25) is 9.13 Å². The number of fused-ring (bicyclic) bond motifs is 1. The number of nitrogens with zero attached hydrogens (tertiary/aromatic N) is 4. The van der Waals surface area contributed by atoms with Gasteiger partial charge in [-0.1, -0.05) is 30.1 Å². The number of aryl methyl sites for hydroxylation is 3. The van der Waals surface area contributed by atoms with Crippen LogP contribution in [0.2, 0.25) is 0 Å². The van der Waals surface area contributed by atoms with Gasteiger partial charge < -0.3 is 10.3 Å². The van der Waals surface area contributed by atoms with Crippen molar-refractivity contribution >= 4 is 11.0 Å². The molecule has 2 N–H and O–H groups in total. The summed E-state index contributed by atoms with van der Waals surface area (Å²) in [7, 11) is 1.78. The van der Waals surface area contributed by atoms with E-state index in [2.05, 4.69) is 10.1 Å². The monoisotopic (exact) mass is 327 g/mol. The Hall–Kier alpha value is -2.41. The van der Waals surface area contributed by atoms with E-state index >= 15 is 0 Å². The molecule has 1 aliphatic carbocycles. The molecule has 1 fully saturated rings. The van der Waals surface area contributed by atoms with Crippen molar-refractivity contribution < 1.29 is 4.52 Å². The van der Waals surface area contributed by atoms with Gasteiger partial charge in [-0.05, 0) is 25.0 Å². The molecular formula is C17H21N5O2. The lowest BCUT2D eigenvalue weighted by atomic mass is 9.99. The number of nitrogens with two attached hydrogens (primary N) is 1. The fourth-order valence-corrected chi connectivity index (χ4v) is 3.57. The minimum absolute atomic E-state index is 0.0398. The van der Waals surface area contributed by atoms with Crippen LogP contribution in [0.25, 0.3) is 11.0 Å². The second-order valence-corrected chi connectivity index (χ2v) is 6.61. The van der Waals surface area contributed by atoms with Gasteiger partial charge in [0.05, 0.1) is 16.6 Å². The lowest BCUT2D eigenvalue weighted by Gasteiger charge is -2.17. The van der Waals surface area contributed by atoms with E-state index in [4.69, 9.17) is 10.3 Å². The molecule has 0 saturated heterocycles. The summed E-state index contributed by atoms with van der Waals surface area (Å²) in [5, 5.41) is 4.07. The number of para-hydroxylation sites is 2. The number of hydrogen-bond acceptors (Lipinski definition) is 5. The Morgan fingerprint density at radius 3 is 2.71 bits per heavy atom. The molecule has 1 saturated carbocycles. The Bertz CT molecular complexity index is 930. The van der Waals surface area contributed by atoms with Crippen molar-refractivity contribution in [2.24, 2.45) is 12.8 Å². The number of imidazole rings is 1. The molecule has 24 heavy (non-hydrogen) atoms. The smallest absolute Gasteiger partial charge is 0.328 e. The van der Waals surface area contributed by atoms with Gasteiger partial charge in [-0.25, -0.2) is 4.79 Å². The summed E-state index contributed by atoms with van der Waals surface area (Å²) in [6.45, 7) is 0.499. The maximum Gasteiger partial charge on any atom is 0.328 e. The summed E-state index contributed by atoms with van der Waals surface area (Å²) >= 11 is 0. The minimum atomic E-state index is -0.446. The molecule has 7 nitrogen and oxygen atoms in total. The molecule has 0 radical (unpaired) electrons. The van der Waals surface area contributed by atoms with E-state index in [1.165, 1.54) is 0 Å². The predicted molar refractivity (Wildman–Crippen MR) is 89.5 cm³/mol. The molecule has 2 heterocycles. The van der Waals surface area contributed by atoms with Crippen LogP contribution in [0.3, 0.4) is 0 Å². The van der Waals surface area contributed by atoms with Crippen LogP contribution in [-0.2, 0) is 25.6 Å². The molecule has 0 bridgehead atoms. The summed E-state index contributed by atoms with van der Waals surface area (Å²) < 4.78 is 8.76. The summed E-state index contributed by atoms with van der Waals surface area (Å²) in [5.74, 6) is 1.13. The second-order valence-electron chi connectivity index (χ2n) is 6.61. The number of rotatable bonds is 4. The Kier molecular flexibility index (Phi) is 3.53. The number of hydrogen-bond donors (Lipinski definition) is 1. The van der Waals surface area contributed by atoms with Crippen molar-refractivity contribution in [3.8, 4) is 0 Å². The van der Waals surface area contributed by atoms with Crippen molar-refractivity contribution in [1.29, 1.82) is 0 Å². The Balaban J connectivity index is 1.57. The van der Waals surface area contributed by atoms with Crippen LogP contribution in [0.1, 0.15) is 37.4 Å². The van der Waals surface area contributed by atoms with Gasteiger partial charge in [-0.15, -0.1) is 0 Å². The number of benzene rings is 1. The molecular weight excluding hydrogens is 306 g/mol. The second kappa shape index (κ2) is 5.59. The van der Waals surface area contributed by atoms with Crippen LogP contribution in [-0.4, -0.2) is 19.3 Å². The van der Waals surface area contributed by atoms with E-state index in [1.807, 2.05) is 24.3 Å². The third kappa shape index (κ3) is 2.36. The summed E-state index contributed by atoms with van der Waals surface area (Å²) in [6, 6.07) is 7.75. The van der Waals surface area contributed by atoms with Crippen molar-refractivity contribution in [2.45, 2.75) is 44.2 Å². The molecule has 1 aromatic carbocycles. The highest BCUT2D eigenvalue weighted by Crippen LogP contribution is 2.34. The summed E-state index contributed by atoms with van der Waals surface area (Å²) in [6.07, 6.45) is 4.51. The Labute approximate surface area is 139 Å². The van der Waals surface area contributed by atoms with Crippen LogP contribution < -0.4 is 11.4 Å². The average molecular weight is 327 g/mol. The molecule has 0 atom stereocenters. The Morgan fingerprint density at radius 1 is 1.25 bits per heavy atom. The van der Waals surface area contributed by atoms with Gasteiger partial charge in [-0.2, -0.15) is 4.98 Å². The fourth-order valence-electron chi connectivity index (χ4n) is 3.57. The van der Waals surface area contributed by atoms with Crippen LogP contribution in [0.15, 0.2) is 33.6 Å². The lowest BCUT2D eigenvalue weighted by molar-refractivity contribution is 0.345. The van der Waals surface area contributed by atoms with Gasteiger partial charge in [0.25, 0.3) is 0 Å². The highest BCUT2D eigenvalue weighted by atomic mass is 16.5. The predicted octanol–water partition coefficient (Wildman–Crippen LogP) is 1.69. The first-order chi connectivity index (χ1) is 11.6. The van der Waals surface area contributed by atoms with Crippen LogP contribution in [0.4, 0.5) is 0 Å². The zero-order valence-corrected chi connectivity index (χ0v) is 13.7. The molecule has 1 aliphatic rings. The zero-order chi connectivity index (χ0) is 16.7. The van der Waals surface area contributed by atoms with Crippen LogP contribution >= 0.6 is 0 Å². The Morgan fingerprint density at radius 2 is 1.96 bits per heavy atom. The molecule has 2 aromatic heterocycles. The number of aromatic nitrogens is 4. The molecule has 0 spiro atoms. The quantitative estimate of drug-likeness (QED) is 0.787. The van der Waals surface area contributed by atoms with Crippen molar-refractivity contribution in [2.75, 3.05) is 0 Å². The van der Waals surface area contributed by atoms with Crippen molar-refractivity contribution in [3.63, 3.8) is 0 Å². The summed E-state index contributed by atoms with van der Waals surface area (Å²) in [4.78, 5) is 16.9. The SMILES string of the molecule is Cn1c(=O)n(CCc2nc(C3(N)CCCC3)no2)c2ccccc21. The lowest BCUT2D eigenvalue weighted by Crippen LogP contribution is -2.34. The molecule has 4 rings (SSSR count). The van der Waals surface area contributed by atoms with Crippen LogP contribution in [0, 0.1) is 0 Å². The van der Waals surface area contributed by atoms with Gasteiger partial charge in [0.15, 0.2) is 5.82 Å². The maximum absolute atomic E-state index is 12.4. The van der Waals surface area contributed by atoms with Crippen molar-refractivity contribution in [1.82, 2.24) is 19.3 Å². The highest BCUT2D eigenvalue weighted by molar-refractivity contribution is 5.75. The molecule has 3 aromatic rings. The third-order valence-corrected chi connectivity index (χ3v) is 5.01. The fraction of sp³-hybridized carbons (Fsp3) is 0.471.